The number of hydrogen-bond donors (Lipinski definition) is 0. The van der Waals surface area contributed by atoms with Gasteiger partial charge in [0.05, 0.1) is 16.9 Å². The number of benzene rings is 2. The van der Waals surface area contributed by atoms with Crippen LogP contribution in [0.3, 0.4) is 0 Å². The quantitative estimate of drug-likeness (QED) is 0.244. The molecule has 0 fully saturated rings. The third-order valence-electron chi connectivity index (χ3n) is 4.37. The highest BCUT2D eigenvalue weighted by Gasteiger charge is 2.11. The van der Waals surface area contributed by atoms with Gasteiger partial charge in [-0.3, -0.25) is 0 Å². The van der Waals surface area contributed by atoms with Crippen molar-refractivity contribution in [1.82, 2.24) is 0 Å². The molecule has 0 radical (unpaired) electrons. The number of unbranched alkanes of at least 4 members (excludes halogenated alkanes) is 5. The van der Waals surface area contributed by atoms with Gasteiger partial charge >= 0.3 is 10.9 Å². The second kappa shape index (κ2) is 10.1. The molecule has 0 unspecified atom stereocenters. The van der Waals surface area contributed by atoms with Gasteiger partial charge in [-0.05, 0) is 42.8 Å². The molecule has 0 spiro atoms. The van der Waals surface area contributed by atoms with Gasteiger partial charge in [-0.25, -0.2) is 9.59 Å². The summed E-state index contributed by atoms with van der Waals surface area (Å²) in [5.41, 5.74) is 0.845. The maximum absolute atomic E-state index is 12.3. The molecule has 0 amide bonds. The van der Waals surface area contributed by atoms with Crippen LogP contribution >= 0.6 is 11.3 Å². The lowest BCUT2D eigenvalue weighted by Crippen LogP contribution is -2.08. The molecule has 3 aromatic rings. The summed E-state index contributed by atoms with van der Waals surface area (Å²) in [6, 6.07) is 11.8. The first-order chi connectivity index (χ1) is 13.7. The molecular formula is C22H24O5S. The molecule has 0 aliphatic rings. The zero-order valence-corrected chi connectivity index (χ0v) is 16.8. The van der Waals surface area contributed by atoms with Crippen LogP contribution in [0.4, 0.5) is 0 Å². The Morgan fingerprint density at radius 3 is 2.46 bits per heavy atom. The van der Waals surface area contributed by atoms with Crippen molar-refractivity contribution < 1.29 is 18.7 Å². The zero-order chi connectivity index (χ0) is 19.8. The van der Waals surface area contributed by atoms with Crippen LogP contribution in [0.2, 0.25) is 0 Å². The van der Waals surface area contributed by atoms with Gasteiger partial charge < -0.3 is 13.9 Å². The molecule has 2 aromatic carbocycles. The molecule has 28 heavy (non-hydrogen) atoms. The molecule has 0 saturated carbocycles. The Bertz CT molecular complexity index is 955. The van der Waals surface area contributed by atoms with E-state index < -0.39 is 5.97 Å². The molecule has 5 nitrogen and oxygen atoms in total. The van der Waals surface area contributed by atoms with Crippen LogP contribution in [-0.4, -0.2) is 12.6 Å². The molecule has 1 aromatic heterocycles. The molecule has 148 valence electrons. The van der Waals surface area contributed by atoms with E-state index in [-0.39, 0.29) is 4.94 Å². The average Bonchev–Trinajstić information content (AvgIpc) is 3.07. The first kappa shape index (κ1) is 20.1. The third kappa shape index (κ3) is 5.70. The lowest BCUT2D eigenvalue weighted by Gasteiger charge is -2.08. The van der Waals surface area contributed by atoms with Gasteiger partial charge in [-0.15, -0.1) is 0 Å². The summed E-state index contributed by atoms with van der Waals surface area (Å²) in [4.78, 5) is 23.2. The van der Waals surface area contributed by atoms with Gasteiger partial charge in [0, 0.05) is 6.07 Å². The number of esters is 1. The van der Waals surface area contributed by atoms with Crippen LogP contribution in [0.15, 0.2) is 51.7 Å². The van der Waals surface area contributed by atoms with E-state index in [1.165, 1.54) is 32.1 Å². The summed E-state index contributed by atoms with van der Waals surface area (Å²) >= 11 is 1.01. The fourth-order valence-electron chi connectivity index (χ4n) is 2.84. The van der Waals surface area contributed by atoms with Gasteiger partial charge in [-0.2, -0.15) is 0 Å². The van der Waals surface area contributed by atoms with Gasteiger partial charge in [0.25, 0.3) is 0 Å². The molecule has 3 rings (SSSR count). The minimum Gasteiger partial charge on any atom is -0.494 e. The summed E-state index contributed by atoms with van der Waals surface area (Å²) in [5, 5.41) is 0. The predicted octanol–water partition coefficient (Wildman–Crippen LogP) is 5.81. The number of ether oxygens (including phenoxy) is 2. The second-order valence-corrected chi connectivity index (χ2v) is 7.57. The summed E-state index contributed by atoms with van der Waals surface area (Å²) < 4.78 is 16.8. The van der Waals surface area contributed by atoms with E-state index >= 15 is 0 Å². The Morgan fingerprint density at radius 2 is 1.68 bits per heavy atom. The normalized spacial score (nSPS) is 10.9. The molecular weight excluding hydrogens is 376 g/mol. The summed E-state index contributed by atoms with van der Waals surface area (Å²) in [5.74, 6) is 0.605. The van der Waals surface area contributed by atoms with E-state index in [9.17, 15) is 9.59 Å². The van der Waals surface area contributed by atoms with Gasteiger partial charge in [0.2, 0.25) is 0 Å². The van der Waals surface area contributed by atoms with Crippen LogP contribution in [0, 0.1) is 0 Å². The standard InChI is InChI=1S/C22H24O5S/c1-2-3-4-5-6-7-14-25-17-10-8-16(9-11-17)21(23)26-18-12-13-20-19(15-18)27-22(24)28-20/h8-13,15H,2-7,14H2,1H3. The van der Waals surface area contributed by atoms with Gasteiger partial charge in [0.15, 0.2) is 5.58 Å². The monoisotopic (exact) mass is 400 g/mol. The van der Waals surface area contributed by atoms with Crippen molar-refractivity contribution >= 4 is 27.6 Å². The van der Waals surface area contributed by atoms with Crippen LogP contribution in [-0.2, 0) is 0 Å². The molecule has 0 aliphatic heterocycles. The maximum atomic E-state index is 12.3. The van der Waals surface area contributed by atoms with Crippen molar-refractivity contribution in [1.29, 1.82) is 0 Å². The fourth-order valence-corrected chi connectivity index (χ4v) is 3.49. The first-order valence-electron chi connectivity index (χ1n) is 9.64. The number of carbonyl (C=O) groups is 1. The van der Waals surface area contributed by atoms with Gasteiger partial charge in [0.1, 0.15) is 11.5 Å². The highest BCUT2D eigenvalue weighted by Crippen LogP contribution is 2.23. The SMILES string of the molecule is CCCCCCCCOc1ccc(C(=O)Oc2ccc3sc(=O)oc3c2)cc1. The van der Waals surface area contributed by atoms with Crippen molar-refractivity contribution in [2.75, 3.05) is 6.61 Å². The lowest BCUT2D eigenvalue weighted by molar-refractivity contribution is 0.0735. The predicted molar refractivity (Wildman–Crippen MR) is 111 cm³/mol. The Hall–Kier alpha value is -2.60. The van der Waals surface area contributed by atoms with E-state index in [0.29, 0.717) is 23.5 Å². The van der Waals surface area contributed by atoms with Crippen molar-refractivity contribution in [3.05, 3.63) is 57.8 Å². The van der Waals surface area contributed by atoms with Crippen molar-refractivity contribution in [2.45, 2.75) is 45.4 Å². The van der Waals surface area contributed by atoms with E-state index in [0.717, 1.165) is 28.2 Å². The summed E-state index contributed by atoms with van der Waals surface area (Å²) in [6.07, 6.45) is 7.31. The molecule has 0 saturated heterocycles. The van der Waals surface area contributed by atoms with Crippen LogP contribution in [0.5, 0.6) is 11.5 Å². The largest absolute Gasteiger partial charge is 0.494 e. The highest BCUT2D eigenvalue weighted by atomic mass is 32.1. The minimum atomic E-state index is -0.473. The van der Waals surface area contributed by atoms with Crippen LogP contribution in [0.1, 0.15) is 55.8 Å². The highest BCUT2D eigenvalue weighted by molar-refractivity contribution is 7.16. The molecule has 0 bridgehead atoms. The molecule has 0 aliphatic carbocycles. The number of carbonyl (C=O) groups excluding carboxylic acids is 1. The summed E-state index contributed by atoms with van der Waals surface area (Å²) in [6.45, 7) is 2.89. The Kier molecular flexibility index (Phi) is 7.25. The number of rotatable bonds is 10. The topological polar surface area (TPSA) is 65.7 Å². The van der Waals surface area contributed by atoms with Crippen molar-refractivity contribution in [2.24, 2.45) is 0 Å². The van der Waals surface area contributed by atoms with Crippen LogP contribution < -0.4 is 14.4 Å². The average molecular weight is 400 g/mol. The molecule has 0 atom stereocenters. The Balaban J connectivity index is 1.48. The number of fused-ring (bicyclic) bond motifs is 1. The second-order valence-electron chi connectivity index (χ2n) is 6.59. The molecule has 1 heterocycles. The summed E-state index contributed by atoms with van der Waals surface area (Å²) in [7, 11) is 0. The van der Waals surface area contributed by atoms with E-state index in [1.54, 1.807) is 42.5 Å². The van der Waals surface area contributed by atoms with E-state index in [2.05, 4.69) is 6.92 Å². The third-order valence-corrected chi connectivity index (χ3v) is 5.18. The Labute approximate surface area is 167 Å². The fraction of sp³-hybridized carbons (Fsp3) is 0.364. The minimum absolute atomic E-state index is 0.336. The molecule has 6 heteroatoms. The van der Waals surface area contributed by atoms with Crippen LogP contribution in [0.25, 0.3) is 10.3 Å². The number of hydrogen-bond acceptors (Lipinski definition) is 6. The smallest absolute Gasteiger partial charge is 0.396 e. The molecule has 0 N–H and O–H groups in total. The van der Waals surface area contributed by atoms with Crippen molar-refractivity contribution in [3.63, 3.8) is 0 Å². The zero-order valence-electron chi connectivity index (χ0n) is 15.9. The first-order valence-corrected chi connectivity index (χ1v) is 10.5. The Morgan fingerprint density at radius 1 is 0.964 bits per heavy atom. The van der Waals surface area contributed by atoms with E-state index in [4.69, 9.17) is 13.9 Å². The maximum Gasteiger partial charge on any atom is 0.396 e. The van der Waals surface area contributed by atoms with Gasteiger partial charge in [-0.1, -0.05) is 50.4 Å². The van der Waals surface area contributed by atoms with E-state index in [1.807, 2.05) is 0 Å². The lowest BCUT2D eigenvalue weighted by atomic mass is 10.1. The van der Waals surface area contributed by atoms with Crippen molar-refractivity contribution in [3.8, 4) is 11.5 Å².